The molecule has 0 aliphatic heterocycles. The number of aryl methyl sites for hydroxylation is 1. The third-order valence-corrected chi connectivity index (χ3v) is 3.48. The Balaban J connectivity index is 2.08. The SMILES string of the molecule is Cc1cc(C#N)ccc1CSc1ccccn1. The maximum absolute atomic E-state index is 8.80. The fourth-order valence-corrected chi connectivity index (χ4v) is 2.45. The first-order chi connectivity index (χ1) is 8.29. The van der Waals surface area contributed by atoms with Crippen molar-refractivity contribution in [3.63, 3.8) is 0 Å². The average Bonchev–Trinajstić information content (AvgIpc) is 2.38. The summed E-state index contributed by atoms with van der Waals surface area (Å²) in [5.74, 6) is 0.883. The highest BCUT2D eigenvalue weighted by atomic mass is 32.2. The molecule has 2 aromatic rings. The molecular formula is C14H12N2S. The summed E-state index contributed by atoms with van der Waals surface area (Å²) < 4.78 is 0. The second-order valence-electron chi connectivity index (χ2n) is 3.71. The van der Waals surface area contributed by atoms with Crippen molar-refractivity contribution in [2.45, 2.75) is 17.7 Å². The predicted octanol–water partition coefficient (Wildman–Crippen LogP) is 3.55. The van der Waals surface area contributed by atoms with Gasteiger partial charge >= 0.3 is 0 Å². The van der Waals surface area contributed by atoms with Crippen LogP contribution < -0.4 is 0 Å². The lowest BCUT2D eigenvalue weighted by molar-refractivity contribution is 1.13. The molecule has 0 aliphatic carbocycles. The molecule has 0 fully saturated rings. The molecule has 2 nitrogen and oxygen atoms in total. The van der Waals surface area contributed by atoms with Crippen LogP contribution in [0.1, 0.15) is 16.7 Å². The molecule has 0 unspecified atom stereocenters. The summed E-state index contributed by atoms with van der Waals surface area (Å²) in [7, 11) is 0. The lowest BCUT2D eigenvalue weighted by Gasteiger charge is -2.05. The van der Waals surface area contributed by atoms with Crippen LogP contribution in [-0.4, -0.2) is 4.98 Å². The van der Waals surface area contributed by atoms with Crippen molar-refractivity contribution in [3.05, 3.63) is 59.3 Å². The van der Waals surface area contributed by atoms with E-state index in [1.54, 1.807) is 18.0 Å². The van der Waals surface area contributed by atoms with Crippen molar-refractivity contribution in [1.82, 2.24) is 4.98 Å². The van der Waals surface area contributed by atoms with Crippen LogP contribution in [0.3, 0.4) is 0 Å². The topological polar surface area (TPSA) is 36.7 Å². The molecule has 1 aromatic carbocycles. The fourth-order valence-electron chi connectivity index (χ4n) is 1.51. The Morgan fingerprint density at radius 1 is 1.29 bits per heavy atom. The van der Waals surface area contributed by atoms with E-state index < -0.39 is 0 Å². The zero-order valence-electron chi connectivity index (χ0n) is 9.55. The van der Waals surface area contributed by atoms with Gasteiger partial charge in [0.1, 0.15) is 0 Å². The second kappa shape index (κ2) is 5.51. The minimum atomic E-state index is 0.717. The predicted molar refractivity (Wildman–Crippen MR) is 69.7 cm³/mol. The minimum absolute atomic E-state index is 0.717. The molecule has 2 rings (SSSR count). The van der Waals surface area contributed by atoms with E-state index in [2.05, 4.69) is 11.1 Å². The Kier molecular flexibility index (Phi) is 3.79. The molecule has 0 N–H and O–H groups in total. The van der Waals surface area contributed by atoms with Gasteiger partial charge in [-0.15, -0.1) is 11.8 Å². The molecule has 0 spiro atoms. The molecular weight excluding hydrogens is 228 g/mol. The first-order valence-electron chi connectivity index (χ1n) is 5.33. The highest BCUT2D eigenvalue weighted by Gasteiger charge is 2.01. The van der Waals surface area contributed by atoms with Gasteiger partial charge in [-0.25, -0.2) is 4.98 Å². The van der Waals surface area contributed by atoms with E-state index in [1.165, 1.54) is 5.56 Å². The van der Waals surface area contributed by atoms with Crippen molar-refractivity contribution in [2.75, 3.05) is 0 Å². The number of hydrogen-bond donors (Lipinski definition) is 0. The van der Waals surface area contributed by atoms with Crippen LogP contribution in [0.15, 0.2) is 47.6 Å². The summed E-state index contributed by atoms with van der Waals surface area (Å²) in [4.78, 5) is 4.27. The van der Waals surface area contributed by atoms with Gasteiger partial charge in [-0.05, 0) is 42.3 Å². The van der Waals surface area contributed by atoms with E-state index in [0.717, 1.165) is 16.3 Å². The van der Waals surface area contributed by atoms with Crippen LogP contribution >= 0.6 is 11.8 Å². The molecule has 0 saturated carbocycles. The Hall–Kier alpha value is -1.79. The minimum Gasteiger partial charge on any atom is -0.250 e. The number of thioether (sulfide) groups is 1. The van der Waals surface area contributed by atoms with Gasteiger partial charge in [0.2, 0.25) is 0 Å². The van der Waals surface area contributed by atoms with Gasteiger partial charge in [-0.3, -0.25) is 0 Å². The number of benzene rings is 1. The van der Waals surface area contributed by atoms with Crippen LogP contribution in [0.2, 0.25) is 0 Å². The summed E-state index contributed by atoms with van der Waals surface area (Å²) in [5, 5.41) is 9.82. The second-order valence-corrected chi connectivity index (χ2v) is 4.71. The van der Waals surface area contributed by atoms with Gasteiger partial charge < -0.3 is 0 Å². The molecule has 1 aromatic heterocycles. The summed E-state index contributed by atoms with van der Waals surface area (Å²) >= 11 is 1.71. The van der Waals surface area contributed by atoms with E-state index >= 15 is 0 Å². The zero-order valence-corrected chi connectivity index (χ0v) is 10.4. The van der Waals surface area contributed by atoms with Crippen molar-refractivity contribution in [2.24, 2.45) is 0 Å². The first-order valence-corrected chi connectivity index (χ1v) is 6.31. The molecule has 0 atom stereocenters. The van der Waals surface area contributed by atoms with Crippen LogP contribution in [0.4, 0.5) is 0 Å². The Labute approximate surface area is 105 Å². The first kappa shape index (κ1) is 11.7. The van der Waals surface area contributed by atoms with E-state index in [1.807, 2.05) is 43.3 Å². The molecule has 17 heavy (non-hydrogen) atoms. The molecule has 0 saturated heterocycles. The molecule has 0 amide bonds. The number of nitrogens with zero attached hydrogens (tertiary/aromatic N) is 2. The smallest absolute Gasteiger partial charge is 0.0991 e. The standard InChI is InChI=1S/C14H12N2S/c1-11-8-12(9-15)5-6-13(11)10-17-14-4-2-3-7-16-14/h2-8H,10H2,1H3. The van der Waals surface area contributed by atoms with Gasteiger partial charge in [0.25, 0.3) is 0 Å². The maximum atomic E-state index is 8.80. The summed E-state index contributed by atoms with van der Waals surface area (Å²) in [6, 6.07) is 13.9. The van der Waals surface area contributed by atoms with Gasteiger partial charge in [-0.1, -0.05) is 12.1 Å². The average molecular weight is 240 g/mol. The number of rotatable bonds is 3. The number of nitriles is 1. The Morgan fingerprint density at radius 2 is 2.18 bits per heavy atom. The van der Waals surface area contributed by atoms with Crippen LogP contribution in [0.5, 0.6) is 0 Å². The molecule has 0 radical (unpaired) electrons. The fraction of sp³-hybridized carbons (Fsp3) is 0.143. The van der Waals surface area contributed by atoms with Gasteiger partial charge in [0.05, 0.1) is 16.7 Å². The normalized spacial score (nSPS) is 9.88. The van der Waals surface area contributed by atoms with Crippen molar-refractivity contribution in [1.29, 1.82) is 5.26 Å². The van der Waals surface area contributed by atoms with Crippen LogP contribution in [0, 0.1) is 18.3 Å². The van der Waals surface area contributed by atoms with E-state index in [0.29, 0.717) is 5.56 Å². The lowest BCUT2D eigenvalue weighted by Crippen LogP contribution is -1.88. The third kappa shape index (κ3) is 3.08. The van der Waals surface area contributed by atoms with E-state index in [4.69, 9.17) is 5.26 Å². The molecule has 0 aliphatic rings. The Bertz CT molecular complexity index is 544. The third-order valence-electron chi connectivity index (χ3n) is 2.49. The van der Waals surface area contributed by atoms with E-state index in [9.17, 15) is 0 Å². The van der Waals surface area contributed by atoms with Crippen molar-refractivity contribution >= 4 is 11.8 Å². The highest BCUT2D eigenvalue weighted by molar-refractivity contribution is 7.98. The lowest BCUT2D eigenvalue weighted by atomic mass is 10.1. The molecule has 0 bridgehead atoms. The number of aromatic nitrogens is 1. The van der Waals surface area contributed by atoms with Crippen LogP contribution in [-0.2, 0) is 5.75 Å². The maximum Gasteiger partial charge on any atom is 0.0991 e. The molecule has 3 heteroatoms. The van der Waals surface area contributed by atoms with Gasteiger partial charge in [-0.2, -0.15) is 5.26 Å². The van der Waals surface area contributed by atoms with Crippen molar-refractivity contribution in [3.8, 4) is 6.07 Å². The molecule has 1 heterocycles. The summed E-state index contributed by atoms with van der Waals surface area (Å²) in [5.41, 5.74) is 3.13. The highest BCUT2D eigenvalue weighted by Crippen LogP contribution is 2.22. The van der Waals surface area contributed by atoms with Gasteiger partial charge in [0.15, 0.2) is 0 Å². The van der Waals surface area contributed by atoms with Crippen LogP contribution in [0.25, 0.3) is 0 Å². The molecule has 84 valence electrons. The number of pyridine rings is 1. The monoisotopic (exact) mass is 240 g/mol. The zero-order chi connectivity index (χ0) is 12.1. The largest absolute Gasteiger partial charge is 0.250 e. The quantitative estimate of drug-likeness (QED) is 0.770. The van der Waals surface area contributed by atoms with Gasteiger partial charge in [0, 0.05) is 11.9 Å². The van der Waals surface area contributed by atoms with Crippen molar-refractivity contribution < 1.29 is 0 Å². The summed E-state index contributed by atoms with van der Waals surface area (Å²) in [6.45, 7) is 2.04. The summed E-state index contributed by atoms with van der Waals surface area (Å²) in [6.07, 6.45) is 1.80. The number of hydrogen-bond acceptors (Lipinski definition) is 3. The van der Waals surface area contributed by atoms with E-state index in [-0.39, 0.29) is 0 Å². The Morgan fingerprint density at radius 3 is 2.82 bits per heavy atom.